The molecule has 4 heteroatoms. The minimum absolute atomic E-state index is 0.00585. The summed E-state index contributed by atoms with van der Waals surface area (Å²) >= 11 is 0. The molecule has 0 aliphatic carbocycles. The molecule has 0 aromatic heterocycles. The Bertz CT molecular complexity index is 729. The number of hydrogen-bond donors (Lipinski definition) is 1. The average Bonchev–Trinajstić information content (AvgIpc) is 2.70. The molecular weight excluding hydrogens is 348 g/mol. The molecule has 2 rings (SSSR count). The third-order valence-corrected chi connectivity index (χ3v) is 4.75. The summed E-state index contributed by atoms with van der Waals surface area (Å²) in [5.41, 5.74) is 2.13. The van der Waals surface area contributed by atoms with E-state index in [1.165, 1.54) is 0 Å². The molecule has 0 fully saturated rings. The fourth-order valence-electron chi connectivity index (χ4n) is 3.19. The Morgan fingerprint density at radius 1 is 0.929 bits per heavy atom. The third-order valence-electron chi connectivity index (χ3n) is 4.75. The fraction of sp³-hybridized carbons (Fsp3) is 0.417. The van der Waals surface area contributed by atoms with Gasteiger partial charge >= 0.3 is 0 Å². The molecule has 0 spiro atoms. The highest BCUT2D eigenvalue weighted by atomic mass is 16.2. The Labute approximate surface area is 169 Å². The summed E-state index contributed by atoms with van der Waals surface area (Å²) in [6.07, 6.45) is 1.64. The van der Waals surface area contributed by atoms with Gasteiger partial charge in [0.1, 0.15) is 6.04 Å². The van der Waals surface area contributed by atoms with Crippen molar-refractivity contribution in [3.63, 3.8) is 0 Å². The van der Waals surface area contributed by atoms with E-state index in [4.69, 9.17) is 0 Å². The maximum atomic E-state index is 13.1. The molecule has 150 valence electrons. The van der Waals surface area contributed by atoms with Crippen LogP contribution < -0.4 is 5.32 Å². The summed E-state index contributed by atoms with van der Waals surface area (Å²) in [7, 11) is 0. The van der Waals surface area contributed by atoms with Crippen LogP contribution in [0.1, 0.15) is 38.3 Å². The van der Waals surface area contributed by atoms with Crippen molar-refractivity contribution in [1.29, 1.82) is 0 Å². The zero-order valence-corrected chi connectivity index (χ0v) is 17.2. The highest BCUT2D eigenvalue weighted by Crippen LogP contribution is 2.12. The van der Waals surface area contributed by atoms with Crippen LogP contribution in [0.2, 0.25) is 0 Å². The number of nitrogens with zero attached hydrogens (tertiary/aromatic N) is 1. The van der Waals surface area contributed by atoms with E-state index in [9.17, 15) is 9.59 Å². The van der Waals surface area contributed by atoms with E-state index in [0.29, 0.717) is 31.8 Å². The van der Waals surface area contributed by atoms with E-state index in [0.717, 1.165) is 17.5 Å². The first-order valence-corrected chi connectivity index (χ1v) is 10.2. The van der Waals surface area contributed by atoms with E-state index < -0.39 is 6.04 Å². The summed E-state index contributed by atoms with van der Waals surface area (Å²) in [6.45, 7) is 7.24. The second kappa shape index (κ2) is 11.3. The van der Waals surface area contributed by atoms with Crippen molar-refractivity contribution in [2.24, 2.45) is 5.92 Å². The Morgan fingerprint density at radius 3 is 2.04 bits per heavy atom. The molecule has 0 unspecified atom stereocenters. The van der Waals surface area contributed by atoms with Crippen LogP contribution >= 0.6 is 0 Å². The van der Waals surface area contributed by atoms with Gasteiger partial charge in [0.05, 0.1) is 6.42 Å². The first-order valence-electron chi connectivity index (χ1n) is 10.2. The van der Waals surface area contributed by atoms with Crippen LogP contribution in [-0.4, -0.2) is 35.8 Å². The van der Waals surface area contributed by atoms with Crippen LogP contribution in [0.25, 0.3) is 0 Å². The van der Waals surface area contributed by atoms with E-state index in [1.807, 2.05) is 55.5 Å². The van der Waals surface area contributed by atoms with Gasteiger partial charge in [-0.15, -0.1) is 0 Å². The molecule has 0 aliphatic heterocycles. The van der Waals surface area contributed by atoms with Gasteiger partial charge in [0.2, 0.25) is 11.8 Å². The Morgan fingerprint density at radius 2 is 1.50 bits per heavy atom. The number of benzene rings is 2. The smallest absolute Gasteiger partial charge is 0.242 e. The highest BCUT2D eigenvalue weighted by molar-refractivity contribution is 5.88. The van der Waals surface area contributed by atoms with Gasteiger partial charge in [-0.05, 0) is 29.9 Å². The van der Waals surface area contributed by atoms with Crippen LogP contribution in [0.5, 0.6) is 0 Å². The number of rotatable bonds is 10. The van der Waals surface area contributed by atoms with Crippen molar-refractivity contribution in [2.75, 3.05) is 13.1 Å². The van der Waals surface area contributed by atoms with Gasteiger partial charge in [-0.1, -0.05) is 81.4 Å². The largest absolute Gasteiger partial charge is 0.354 e. The Balaban J connectivity index is 2.15. The number of amides is 2. The molecule has 0 aliphatic rings. The first-order chi connectivity index (χ1) is 13.5. The van der Waals surface area contributed by atoms with Crippen molar-refractivity contribution >= 4 is 11.8 Å². The first kappa shape index (κ1) is 21.7. The van der Waals surface area contributed by atoms with Gasteiger partial charge in [-0.2, -0.15) is 0 Å². The zero-order chi connectivity index (χ0) is 20.4. The van der Waals surface area contributed by atoms with Gasteiger partial charge < -0.3 is 10.2 Å². The summed E-state index contributed by atoms with van der Waals surface area (Å²) in [4.78, 5) is 27.7. The molecule has 0 bridgehead atoms. The fourth-order valence-corrected chi connectivity index (χ4v) is 3.19. The molecule has 0 saturated heterocycles. The van der Waals surface area contributed by atoms with Crippen LogP contribution in [0.3, 0.4) is 0 Å². The van der Waals surface area contributed by atoms with Gasteiger partial charge in [-0.25, -0.2) is 0 Å². The van der Waals surface area contributed by atoms with Crippen molar-refractivity contribution in [3.8, 4) is 0 Å². The highest BCUT2D eigenvalue weighted by Gasteiger charge is 2.28. The quantitative estimate of drug-likeness (QED) is 0.681. The molecule has 2 aromatic carbocycles. The SMILES string of the molecule is CC[C@H](C(=O)NCC(C)C)N(CCc1ccccc1)C(=O)Cc1ccccc1. The van der Waals surface area contributed by atoms with Crippen LogP contribution in [0.4, 0.5) is 0 Å². The second-order valence-electron chi connectivity index (χ2n) is 7.55. The predicted octanol–water partition coefficient (Wildman–Crippen LogP) is 3.85. The molecule has 2 amide bonds. The van der Waals surface area contributed by atoms with Gasteiger partial charge in [0.15, 0.2) is 0 Å². The van der Waals surface area contributed by atoms with E-state index in [1.54, 1.807) is 4.90 Å². The van der Waals surface area contributed by atoms with E-state index in [-0.39, 0.29) is 11.8 Å². The van der Waals surface area contributed by atoms with Crippen LogP contribution in [-0.2, 0) is 22.4 Å². The Hall–Kier alpha value is -2.62. The summed E-state index contributed by atoms with van der Waals surface area (Å²) in [6, 6.07) is 19.4. The molecule has 0 heterocycles. The minimum atomic E-state index is -0.446. The molecular formula is C24H32N2O2. The van der Waals surface area contributed by atoms with Crippen molar-refractivity contribution in [3.05, 3.63) is 71.8 Å². The summed E-state index contributed by atoms with van der Waals surface area (Å²) in [5.74, 6) is 0.304. The number of carbonyl (C=O) groups excluding carboxylic acids is 2. The number of nitrogens with one attached hydrogen (secondary N) is 1. The number of carbonyl (C=O) groups is 2. The zero-order valence-electron chi connectivity index (χ0n) is 17.2. The lowest BCUT2D eigenvalue weighted by Crippen LogP contribution is -2.51. The lowest BCUT2D eigenvalue weighted by molar-refractivity contribution is -0.140. The molecule has 0 radical (unpaired) electrons. The van der Waals surface area contributed by atoms with Crippen molar-refractivity contribution in [1.82, 2.24) is 10.2 Å². The van der Waals surface area contributed by atoms with E-state index >= 15 is 0 Å². The number of hydrogen-bond acceptors (Lipinski definition) is 2. The second-order valence-corrected chi connectivity index (χ2v) is 7.55. The average molecular weight is 381 g/mol. The topological polar surface area (TPSA) is 49.4 Å². The summed E-state index contributed by atoms with van der Waals surface area (Å²) < 4.78 is 0. The van der Waals surface area contributed by atoms with Crippen molar-refractivity contribution < 1.29 is 9.59 Å². The molecule has 0 saturated carbocycles. The maximum absolute atomic E-state index is 13.1. The van der Waals surface area contributed by atoms with Crippen LogP contribution in [0.15, 0.2) is 60.7 Å². The maximum Gasteiger partial charge on any atom is 0.242 e. The predicted molar refractivity (Wildman–Crippen MR) is 114 cm³/mol. The van der Waals surface area contributed by atoms with Gasteiger partial charge in [-0.3, -0.25) is 9.59 Å². The molecule has 1 N–H and O–H groups in total. The lowest BCUT2D eigenvalue weighted by Gasteiger charge is -2.31. The monoisotopic (exact) mass is 380 g/mol. The standard InChI is InChI=1S/C24H32N2O2/c1-4-22(24(28)25-18-19(2)3)26(16-15-20-11-7-5-8-12-20)23(27)17-21-13-9-6-10-14-21/h5-14,19,22H,4,15-18H2,1-3H3,(H,25,28)/t22-/m1/s1. The molecule has 28 heavy (non-hydrogen) atoms. The normalized spacial score (nSPS) is 11.9. The lowest BCUT2D eigenvalue weighted by atomic mass is 10.1. The third kappa shape index (κ3) is 6.84. The van der Waals surface area contributed by atoms with Crippen molar-refractivity contribution in [2.45, 2.75) is 46.1 Å². The summed E-state index contributed by atoms with van der Waals surface area (Å²) in [5, 5.41) is 3.00. The van der Waals surface area contributed by atoms with Gasteiger partial charge in [0.25, 0.3) is 0 Å². The minimum Gasteiger partial charge on any atom is -0.354 e. The Kier molecular flexibility index (Phi) is 8.73. The van der Waals surface area contributed by atoms with E-state index in [2.05, 4.69) is 31.3 Å². The molecule has 2 aromatic rings. The molecule has 1 atom stereocenters. The van der Waals surface area contributed by atoms with Crippen LogP contribution in [0, 0.1) is 5.92 Å². The van der Waals surface area contributed by atoms with Gasteiger partial charge in [0, 0.05) is 13.1 Å². The molecule has 4 nitrogen and oxygen atoms in total.